The number of furan rings is 1. The zero-order valence-corrected chi connectivity index (χ0v) is 16.8. The van der Waals surface area contributed by atoms with Gasteiger partial charge in [-0.2, -0.15) is 10.2 Å². The fourth-order valence-electron chi connectivity index (χ4n) is 3.00. The number of para-hydroxylation sites is 1. The van der Waals surface area contributed by atoms with Gasteiger partial charge in [0.25, 0.3) is 0 Å². The minimum absolute atomic E-state index is 0. The first kappa shape index (κ1) is 16.4. The molecule has 5 rings (SSSR count). The van der Waals surface area contributed by atoms with E-state index >= 15 is 0 Å². The maximum atomic E-state index is 5.94. The van der Waals surface area contributed by atoms with E-state index in [0.29, 0.717) is 11.5 Å². The molecule has 2 aromatic heterocycles. The molecular formula is C20H10BrIrN2O-. The third kappa shape index (κ3) is 2.69. The summed E-state index contributed by atoms with van der Waals surface area (Å²) >= 11 is 3.51. The van der Waals surface area contributed by atoms with Crippen molar-refractivity contribution in [1.82, 2.24) is 10.2 Å². The molecule has 3 nitrogen and oxygen atoms in total. The van der Waals surface area contributed by atoms with Crippen molar-refractivity contribution in [3.63, 3.8) is 0 Å². The van der Waals surface area contributed by atoms with Crippen molar-refractivity contribution in [3.05, 3.63) is 71.3 Å². The van der Waals surface area contributed by atoms with Crippen LogP contribution in [0.3, 0.4) is 0 Å². The fourth-order valence-corrected chi connectivity index (χ4v) is 3.41. The molecule has 0 saturated carbocycles. The summed E-state index contributed by atoms with van der Waals surface area (Å²) in [6.45, 7) is 0. The number of halogens is 1. The summed E-state index contributed by atoms with van der Waals surface area (Å²) in [5, 5.41) is 13.9. The number of hydrogen-bond acceptors (Lipinski definition) is 3. The second kappa shape index (κ2) is 6.34. The summed E-state index contributed by atoms with van der Waals surface area (Å²) in [6.07, 6.45) is 0. The second-order valence-corrected chi connectivity index (χ2v) is 6.39. The standard InChI is InChI=1S/C20H10BrN2O.Ir/c21-20-16-10-13-6-2-1-5-12(13)9-15(16)19(22-23-20)18-11-14-7-3-4-8-17(14)24-18;/h1-10H;/q-1;. The van der Waals surface area contributed by atoms with E-state index < -0.39 is 0 Å². The molecule has 0 amide bonds. The molecule has 1 radical (unpaired) electrons. The predicted octanol–water partition coefficient (Wildman–Crippen LogP) is 5.76. The van der Waals surface area contributed by atoms with Gasteiger partial charge in [0.2, 0.25) is 0 Å². The summed E-state index contributed by atoms with van der Waals surface area (Å²) in [4.78, 5) is 0. The molecule has 0 bridgehead atoms. The van der Waals surface area contributed by atoms with Gasteiger partial charge in [0, 0.05) is 31.1 Å². The van der Waals surface area contributed by atoms with E-state index in [-0.39, 0.29) is 20.1 Å². The van der Waals surface area contributed by atoms with Crippen LogP contribution in [0, 0.1) is 6.07 Å². The van der Waals surface area contributed by atoms with E-state index in [0.717, 1.165) is 31.7 Å². The van der Waals surface area contributed by atoms with E-state index in [1.165, 1.54) is 5.39 Å². The summed E-state index contributed by atoms with van der Waals surface area (Å²) in [5.41, 5.74) is 1.50. The molecule has 25 heavy (non-hydrogen) atoms. The van der Waals surface area contributed by atoms with Crippen molar-refractivity contribution in [2.24, 2.45) is 0 Å². The molecule has 3 aromatic carbocycles. The zero-order valence-electron chi connectivity index (χ0n) is 12.8. The third-order valence-electron chi connectivity index (χ3n) is 4.16. The van der Waals surface area contributed by atoms with Crippen LogP contribution in [0.5, 0.6) is 0 Å². The summed E-state index contributed by atoms with van der Waals surface area (Å²) in [6, 6.07) is 23.6. The van der Waals surface area contributed by atoms with Crippen molar-refractivity contribution >= 4 is 48.4 Å². The Morgan fingerprint density at radius 3 is 2.28 bits per heavy atom. The van der Waals surface area contributed by atoms with Crippen molar-refractivity contribution in [2.45, 2.75) is 0 Å². The first-order valence-corrected chi connectivity index (χ1v) is 8.35. The Kier molecular flexibility index (Phi) is 4.16. The number of benzene rings is 3. The first-order valence-electron chi connectivity index (χ1n) is 7.55. The SMILES string of the molecule is Brc1nnc(-c2[c-]c3ccccc3o2)c2cc3ccccc3cc12.[Ir]. The molecule has 123 valence electrons. The van der Waals surface area contributed by atoms with Crippen LogP contribution < -0.4 is 0 Å². The van der Waals surface area contributed by atoms with E-state index in [9.17, 15) is 0 Å². The van der Waals surface area contributed by atoms with Crippen molar-refractivity contribution in [3.8, 4) is 11.5 Å². The van der Waals surface area contributed by atoms with Crippen LogP contribution in [0.25, 0.3) is 44.0 Å². The molecule has 0 spiro atoms. The Morgan fingerprint density at radius 2 is 1.52 bits per heavy atom. The quantitative estimate of drug-likeness (QED) is 0.192. The Hall–Kier alpha value is -2.07. The number of nitrogens with zero attached hydrogens (tertiary/aromatic N) is 2. The average Bonchev–Trinajstić information content (AvgIpc) is 3.04. The van der Waals surface area contributed by atoms with Crippen molar-refractivity contribution < 1.29 is 24.5 Å². The predicted molar refractivity (Wildman–Crippen MR) is 98.8 cm³/mol. The molecule has 2 heterocycles. The molecule has 0 aliphatic carbocycles. The Morgan fingerprint density at radius 1 is 0.840 bits per heavy atom. The van der Waals surface area contributed by atoms with Crippen LogP contribution >= 0.6 is 15.9 Å². The molecule has 0 aliphatic heterocycles. The maximum absolute atomic E-state index is 5.94. The van der Waals surface area contributed by atoms with E-state index in [2.05, 4.69) is 56.5 Å². The van der Waals surface area contributed by atoms with E-state index in [1.807, 2.05) is 36.4 Å². The number of rotatable bonds is 1. The number of aromatic nitrogens is 2. The van der Waals surface area contributed by atoms with Gasteiger partial charge in [-0.05, 0) is 38.2 Å². The third-order valence-corrected chi connectivity index (χ3v) is 4.75. The first-order chi connectivity index (χ1) is 11.8. The summed E-state index contributed by atoms with van der Waals surface area (Å²) in [7, 11) is 0. The monoisotopic (exact) mass is 566 g/mol. The Bertz CT molecular complexity index is 1200. The zero-order chi connectivity index (χ0) is 16.1. The van der Waals surface area contributed by atoms with Gasteiger partial charge >= 0.3 is 0 Å². The smallest absolute Gasteiger partial charge is 0.134 e. The van der Waals surface area contributed by atoms with Crippen LogP contribution in [-0.4, -0.2) is 10.2 Å². The molecule has 5 aromatic rings. The molecule has 5 heteroatoms. The normalized spacial score (nSPS) is 11.1. The van der Waals surface area contributed by atoms with Gasteiger partial charge in [0.15, 0.2) is 0 Å². The van der Waals surface area contributed by atoms with Gasteiger partial charge in [0.05, 0.1) is 11.5 Å². The molecule has 0 N–H and O–H groups in total. The van der Waals surface area contributed by atoms with E-state index in [4.69, 9.17) is 4.42 Å². The Balaban J connectivity index is 0.00000157. The second-order valence-electron chi connectivity index (χ2n) is 5.64. The summed E-state index contributed by atoms with van der Waals surface area (Å²) in [5.74, 6) is 0.608. The number of hydrogen-bond donors (Lipinski definition) is 0. The fraction of sp³-hybridized carbons (Fsp3) is 0. The molecule has 0 aliphatic rings. The van der Waals surface area contributed by atoms with Gasteiger partial charge in [-0.1, -0.05) is 48.5 Å². The van der Waals surface area contributed by atoms with Crippen LogP contribution in [0.2, 0.25) is 0 Å². The minimum Gasteiger partial charge on any atom is -0.518 e. The largest absolute Gasteiger partial charge is 0.518 e. The maximum Gasteiger partial charge on any atom is 0.134 e. The van der Waals surface area contributed by atoms with Crippen LogP contribution in [0.4, 0.5) is 0 Å². The minimum atomic E-state index is 0. The summed E-state index contributed by atoms with van der Waals surface area (Å²) < 4.78 is 6.67. The molecule has 0 atom stereocenters. The van der Waals surface area contributed by atoms with Crippen LogP contribution in [0.1, 0.15) is 0 Å². The van der Waals surface area contributed by atoms with Gasteiger partial charge in [-0.25, -0.2) is 0 Å². The topological polar surface area (TPSA) is 38.9 Å². The average molecular weight is 566 g/mol. The van der Waals surface area contributed by atoms with Crippen molar-refractivity contribution in [1.29, 1.82) is 0 Å². The molecule has 0 saturated heterocycles. The van der Waals surface area contributed by atoms with Crippen LogP contribution in [-0.2, 0) is 20.1 Å². The van der Waals surface area contributed by atoms with Crippen LogP contribution in [0.15, 0.2) is 69.7 Å². The Labute approximate surface area is 165 Å². The molecule has 0 unspecified atom stereocenters. The van der Waals surface area contributed by atoms with Gasteiger partial charge in [-0.3, -0.25) is 0 Å². The van der Waals surface area contributed by atoms with Gasteiger partial charge in [-0.15, -0.1) is 17.5 Å². The molecular weight excluding hydrogens is 556 g/mol. The van der Waals surface area contributed by atoms with Gasteiger partial charge < -0.3 is 4.42 Å². The van der Waals surface area contributed by atoms with Crippen molar-refractivity contribution in [2.75, 3.05) is 0 Å². The molecule has 0 fully saturated rings. The van der Waals surface area contributed by atoms with E-state index in [1.54, 1.807) is 0 Å². The number of fused-ring (bicyclic) bond motifs is 3. The van der Waals surface area contributed by atoms with Gasteiger partial charge in [0.1, 0.15) is 4.60 Å².